The van der Waals surface area contributed by atoms with Gasteiger partial charge in [0.15, 0.2) is 23.0 Å². The normalized spacial score (nSPS) is 10.2. The minimum Gasteiger partial charge on any atom is -0.506 e. The van der Waals surface area contributed by atoms with Gasteiger partial charge in [0, 0.05) is 23.9 Å². The Labute approximate surface area is 256 Å². The average Bonchev–Trinajstić information content (AvgIpc) is 3.04. The summed E-state index contributed by atoms with van der Waals surface area (Å²) < 4.78 is 22.3. The summed E-state index contributed by atoms with van der Waals surface area (Å²) in [5.74, 6) is 2.15. The van der Waals surface area contributed by atoms with Gasteiger partial charge in [0.2, 0.25) is 5.91 Å². The van der Waals surface area contributed by atoms with Gasteiger partial charge in [-0.15, -0.1) is 0 Å². The van der Waals surface area contributed by atoms with E-state index in [1.165, 1.54) is 30.0 Å². The molecule has 4 aromatic carbocycles. The number of phenols is 1. The van der Waals surface area contributed by atoms with E-state index in [2.05, 4.69) is 5.32 Å². The van der Waals surface area contributed by atoms with Gasteiger partial charge in [0.25, 0.3) is 0 Å². The van der Waals surface area contributed by atoms with Crippen LogP contribution in [0.25, 0.3) is 11.1 Å². The summed E-state index contributed by atoms with van der Waals surface area (Å²) >= 11 is 5.50. The Morgan fingerprint density at radius 3 is 2.26 bits per heavy atom. The molecule has 0 saturated heterocycles. The van der Waals surface area contributed by atoms with E-state index < -0.39 is 5.91 Å². The van der Waals surface area contributed by atoms with Gasteiger partial charge < -0.3 is 40.5 Å². The fourth-order valence-electron chi connectivity index (χ4n) is 4.12. The van der Waals surface area contributed by atoms with Crippen molar-refractivity contribution < 1.29 is 28.8 Å². The van der Waals surface area contributed by atoms with Gasteiger partial charge in [0.05, 0.1) is 26.4 Å². The van der Waals surface area contributed by atoms with Crippen molar-refractivity contribution in [1.82, 2.24) is 5.32 Å². The maximum absolute atomic E-state index is 10.5. The molecular weight excluding hydrogens is 570 g/mol. The first kappa shape index (κ1) is 32.8. The van der Waals surface area contributed by atoms with E-state index in [9.17, 15) is 4.79 Å². The van der Waals surface area contributed by atoms with Crippen LogP contribution in [0.5, 0.6) is 28.7 Å². The number of rotatable bonds is 13. The predicted molar refractivity (Wildman–Crippen MR) is 170 cm³/mol. The summed E-state index contributed by atoms with van der Waals surface area (Å²) in [6, 6.07) is 23.8. The van der Waals surface area contributed by atoms with Crippen molar-refractivity contribution in [3.05, 3.63) is 101 Å². The van der Waals surface area contributed by atoms with E-state index in [-0.39, 0.29) is 16.3 Å². The molecule has 1 amide bonds. The highest BCUT2D eigenvalue weighted by molar-refractivity contribution is 6.32. The summed E-state index contributed by atoms with van der Waals surface area (Å²) in [7, 11) is 4.89. The van der Waals surface area contributed by atoms with Crippen LogP contribution in [0.1, 0.15) is 21.5 Å². The second-order valence-electron chi connectivity index (χ2n) is 9.18. The second-order valence-corrected chi connectivity index (χ2v) is 9.59. The number of hydrogen-bond donors (Lipinski definition) is 4. The zero-order valence-corrected chi connectivity index (χ0v) is 25.1. The summed E-state index contributed by atoms with van der Waals surface area (Å²) in [5, 5.41) is 20.1. The van der Waals surface area contributed by atoms with Crippen LogP contribution in [0.15, 0.2) is 78.9 Å². The van der Waals surface area contributed by atoms with E-state index in [1.807, 2.05) is 60.7 Å². The van der Waals surface area contributed by atoms with Crippen LogP contribution in [0.3, 0.4) is 0 Å². The minimum atomic E-state index is -0.563. The summed E-state index contributed by atoms with van der Waals surface area (Å²) in [4.78, 5) is 10.5. The third-order valence-electron chi connectivity index (χ3n) is 6.34. The Morgan fingerprint density at radius 2 is 1.63 bits per heavy atom. The molecule has 10 heteroatoms. The molecule has 9 nitrogen and oxygen atoms in total. The molecule has 0 spiro atoms. The van der Waals surface area contributed by atoms with Crippen LogP contribution in [0.2, 0.25) is 5.02 Å². The molecule has 0 fully saturated rings. The lowest BCUT2D eigenvalue weighted by molar-refractivity contribution is 0.1000. The number of ether oxygens (including phenoxy) is 4. The number of methoxy groups -OCH3 is 3. The highest BCUT2D eigenvalue weighted by Gasteiger charge is 2.14. The van der Waals surface area contributed by atoms with Crippen molar-refractivity contribution in [3.8, 4) is 39.9 Å². The highest BCUT2D eigenvalue weighted by atomic mass is 35.5. The zero-order chi connectivity index (χ0) is 31.2. The minimum absolute atomic E-state index is 0.0586. The van der Waals surface area contributed by atoms with Gasteiger partial charge >= 0.3 is 0 Å². The van der Waals surface area contributed by atoms with Crippen molar-refractivity contribution in [2.45, 2.75) is 6.42 Å². The van der Waals surface area contributed by atoms with E-state index in [0.29, 0.717) is 24.7 Å². The molecule has 0 aliphatic carbocycles. The first-order valence-corrected chi connectivity index (χ1v) is 13.8. The van der Waals surface area contributed by atoms with Gasteiger partial charge in [-0.3, -0.25) is 4.79 Å². The number of aromatic hydroxyl groups is 1. The monoisotopic (exact) mass is 605 g/mol. The molecule has 0 unspecified atom stereocenters. The Hall–Kier alpha value is -4.73. The molecule has 0 heterocycles. The molecule has 0 atom stereocenters. The number of nitrogens with two attached hydrogens (primary N) is 1. The van der Waals surface area contributed by atoms with Crippen molar-refractivity contribution in [1.29, 1.82) is 5.41 Å². The molecule has 4 rings (SSSR count). The number of benzene rings is 4. The predicted octanol–water partition coefficient (Wildman–Crippen LogP) is 5.73. The van der Waals surface area contributed by atoms with Crippen molar-refractivity contribution >= 4 is 23.7 Å². The molecule has 0 saturated carbocycles. The van der Waals surface area contributed by atoms with Crippen molar-refractivity contribution in [3.63, 3.8) is 0 Å². The third kappa shape index (κ3) is 9.39. The molecule has 0 aliphatic rings. The molecule has 0 bridgehead atoms. The van der Waals surface area contributed by atoms with Gasteiger partial charge in [-0.05, 0) is 72.1 Å². The number of phenolic OH excluding ortho intramolecular Hbond substituents is 1. The standard InChI is InChI=1S/C26H30N2O4.C7H6ClNO2/c1-29-23-10-9-19(16-24(23)30-2)11-12-28-13-14-32-26-22(21-7-5-4-6-8-21)15-20(18-27)17-25(26)31-3;8-5-3-4(7(9)11)1-2-6(5)10/h4-10,15-18,27-28H,11-14H2,1-3H3;1-3,10H,(H2,9,11). The van der Waals surface area contributed by atoms with Crippen LogP contribution < -0.4 is 30.0 Å². The lowest BCUT2D eigenvalue weighted by Gasteiger charge is -2.17. The summed E-state index contributed by atoms with van der Waals surface area (Å²) in [6.45, 7) is 2.00. The van der Waals surface area contributed by atoms with Crippen LogP contribution in [0, 0.1) is 5.41 Å². The molecule has 0 aromatic heterocycles. The summed E-state index contributed by atoms with van der Waals surface area (Å²) in [6.07, 6.45) is 2.18. The maximum atomic E-state index is 10.5. The number of nitrogens with one attached hydrogen (secondary N) is 2. The number of hydrogen-bond acceptors (Lipinski definition) is 8. The molecule has 4 aromatic rings. The lowest BCUT2D eigenvalue weighted by Crippen LogP contribution is -2.23. The van der Waals surface area contributed by atoms with E-state index in [4.69, 9.17) is 46.8 Å². The molecular formula is C33H36ClN3O6. The number of carbonyl (C=O) groups excluding carboxylic acids is 1. The molecule has 0 radical (unpaired) electrons. The molecule has 5 N–H and O–H groups in total. The molecule has 43 heavy (non-hydrogen) atoms. The fourth-order valence-corrected chi connectivity index (χ4v) is 4.30. The Balaban J connectivity index is 0.000000386. The smallest absolute Gasteiger partial charge is 0.248 e. The first-order chi connectivity index (χ1) is 20.8. The highest BCUT2D eigenvalue weighted by Crippen LogP contribution is 2.39. The van der Waals surface area contributed by atoms with Crippen LogP contribution in [-0.4, -0.2) is 58.3 Å². The topological polar surface area (TPSA) is 136 Å². The van der Waals surface area contributed by atoms with Crippen molar-refractivity contribution in [2.75, 3.05) is 41.0 Å². The molecule has 226 valence electrons. The van der Waals surface area contributed by atoms with Gasteiger partial charge in [0.1, 0.15) is 12.4 Å². The summed E-state index contributed by atoms with van der Waals surface area (Å²) in [5.41, 5.74) is 9.11. The van der Waals surface area contributed by atoms with Gasteiger partial charge in [-0.1, -0.05) is 48.0 Å². The number of halogens is 1. The van der Waals surface area contributed by atoms with Gasteiger partial charge in [-0.25, -0.2) is 0 Å². The molecule has 0 aliphatic heterocycles. The fraction of sp³-hybridized carbons (Fsp3) is 0.212. The van der Waals surface area contributed by atoms with E-state index in [1.54, 1.807) is 21.3 Å². The Bertz CT molecular complexity index is 1510. The zero-order valence-electron chi connectivity index (χ0n) is 24.4. The number of carbonyl (C=O) groups is 1. The van der Waals surface area contributed by atoms with Crippen LogP contribution in [0.4, 0.5) is 0 Å². The second kappa shape index (κ2) is 16.6. The van der Waals surface area contributed by atoms with E-state index in [0.717, 1.165) is 41.2 Å². The quantitative estimate of drug-likeness (QED) is 0.113. The number of primary amides is 1. The first-order valence-electron chi connectivity index (χ1n) is 13.4. The lowest BCUT2D eigenvalue weighted by atomic mass is 10.0. The average molecular weight is 606 g/mol. The Kier molecular flexibility index (Phi) is 12.7. The SMILES string of the molecule is COc1ccc(CCNCCOc2c(OC)cc(C=N)cc2-c2ccccc2)cc1OC.NC(=O)c1ccc(O)c(Cl)c1. The van der Waals surface area contributed by atoms with E-state index >= 15 is 0 Å². The maximum Gasteiger partial charge on any atom is 0.248 e. The Morgan fingerprint density at radius 1 is 0.907 bits per heavy atom. The largest absolute Gasteiger partial charge is 0.506 e. The van der Waals surface area contributed by atoms with Crippen LogP contribution in [-0.2, 0) is 6.42 Å². The third-order valence-corrected chi connectivity index (χ3v) is 6.65. The number of amides is 1. The van der Waals surface area contributed by atoms with Crippen molar-refractivity contribution in [2.24, 2.45) is 5.73 Å². The van der Waals surface area contributed by atoms with Gasteiger partial charge in [-0.2, -0.15) is 0 Å². The van der Waals surface area contributed by atoms with Crippen LogP contribution >= 0.6 is 11.6 Å².